The van der Waals surface area contributed by atoms with Crippen LogP contribution in [-0.2, 0) is 19.6 Å². The van der Waals surface area contributed by atoms with Gasteiger partial charge in [-0.05, 0) is 63.6 Å². The number of carbonyl (C=O) groups excluding carboxylic acids is 2. The quantitative estimate of drug-likeness (QED) is 0.541. The Labute approximate surface area is 172 Å². The summed E-state index contributed by atoms with van der Waals surface area (Å²) in [5, 5.41) is 2.81. The summed E-state index contributed by atoms with van der Waals surface area (Å²) < 4.78 is 30.7. The summed E-state index contributed by atoms with van der Waals surface area (Å²) in [5.74, 6) is -0.885. The Balaban J connectivity index is 1.53. The van der Waals surface area contributed by atoms with E-state index in [2.05, 4.69) is 11.4 Å². The van der Waals surface area contributed by atoms with Crippen molar-refractivity contribution in [1.82, 2.24) is 5.32 Å². The van der Waals surface area contributed by atoms with Crippen molar-refractivity contribution in [2.75, 3.05) is 23.1 Å². The van der Waals surface area contributed by atoms with Gasteiger partial charge in [0.05, 0.1) is 17.0 Å². The highest BCUT2D eigenvalue weighted by atomic mass is 32.2. The van der Waals surface area contributed by atoms with E-state index < -0.39 is 22.1 Å². The molecule has 0 radical (unpaired) electrons. The van der Waals surface area contributed by atoms with Crippen molar-refractivity contribution >= 4 is 27.6 Å². The Kier molecular flexibility index (Phi) is 6.95. The lowest BCUT2D eigenvalue weighted by atomic mass is 9.97. The lowest BCUT2D eigenvalue weighted by Gasteiger charge is -2.18. The van der Waals surface area contributed by atoms with Crippen molar-refractivity contribution in [3.05, 3.63) is 41.5 Å². The second-order valence-electron chi connectivity index (χ2n) is 7.49. The number of benzene rings is 1. The molecule has 1 fully saturated rings. The van der Waals surface area contributed by atoms with Crippen LogP contribution in [0, 0.1) is 0 Å². The zero-order chi connectivity index (χ0) is 20.9. The van der Waals surface area contributed by atoms with E-state index in [-0.39, 0.29) is 17.2 Å². The monoisotopic (exact) mass is 420 g/mol. The number of sulfonamides is 1. The molecule has 1 aromatic carbocycles. The number of esters is 1. The Bertz CT molecular complexity index is 894. The molecule has 3 rings (SSSR count). The predicted molar refractivity (Wildman–Crippen MR) is 111 cm³/mol. The van der Waals surface area contributed by atoms with E-state index >= 15 is 0 Å². The van der Waals surface area contributed by atoms with E-state index in [4.69, 9.17) is 4.74 Å². The fourth-order valence-electron chi connectivity index (χ4n) is 3.62. The lowest BCUT2D eigenvalue weighted by molar-refractivity contribution is -0.129. The SMILES string of the molecule is CC(OC(=O)c1cccc(N2CCCS2(=O)=O)c1)C(=O)NCCC1=CCCCC1. The van der Waals surface area contributed by atoms with Crippen LogP contribution in [-0.4, -0.2) is 45.2 Å². The molecule has 0 saturated carbocycles. The molecule has 0 bridgehead atoms. The Hall–Kier alpha value is -2.35. The molecular weight excluding hydrogens is 392 g/mol. The van der Waals surface area contributed by atoms with E-state index in [1.807, 2.05) is 0 Å². The maximum absolute atomic E-state index is 12.4. The molecule has 0 spiro atoms. The molecule has 1 aromatic rings. The summed E-state index contributed by atoms with van der Waals surface area (Å²) in [6.45, 7) is 2.45. The number of amides is 1. The average Bonchev–Trinajstić information content (AvgIpc) is 3.07. The average molecular weight is 421 g/mol. The van der Waals surface area contributed by atoms with Crippen LogP contribution in [0.1, 0.15) is 55.8 Å². The van der Waals surface area contributed by atoms with Crippen LogP contribution in [0.2, 0.25) is 0 Å². The van der Waals surface area contributed by atoms with Gasteiger partial charge in [0.15, 0.2) is 6.10 Å². The number of hydrogen-bond donors (Lipinski definition) is 1. The molecule has 8 heteroatoms. The molecule has 7 nitrogen and oxygen atoms in total. The minimum atomic E-state index is -3.33. The van der Waals surface area contributed by atoms with Crippen molar-refractivity contribution in [3.63, 3.8) is 0 Å². The number of carbonyl (C=O) groups is 2. The van der Waals surface area contributed by atoms with E-state index in [1.165, 1.54) is 35.7 Å². The molecule has 0 aromatic heterocycles. The first-order valence-electron chi connectivity index (χ1n) is 10.1. The third-order valence-corrected chi connectivity index (χ3v) is 7.12. The number of anilines is 1. The largest absolute Gasteiger partial charge is 0.449 e. The topological polar surface area (TPSA) is 92.8 Å². The standard InChI is InChI=1S/C21H28N2O5S/c1-16(20(24)22-12-11-17-7-3-2-4-8-17)28-21(25)18-9-5-10-19(15-18)23-13-6-14-29(23,26)27/h5,7,9-10,15-16H,2-4,6,8,11-14H2,1H3,(H,22,24). The summed E-state index contributed by atoms with van der Waals surface area (Å²) >= 11 is 0. The fourth-order valence-corrected chi connectivity index (χ4v) is 5.18. The fraction of sp³-hybridized carbons (Fsp3) is 0.524. The molecule has 1 amide bonds. The van der Waals surface area contributed by atoms with Crippen LogP contribution in [0.3, 0.4) is 0 Å². The molecule has 1 N–H and O–H groups in total. The zero-order valence-electron chi connectivity index (χ0n) is 16.7. The van der Waals surface area contributed by atoms with Gasteiger partial charge in [-0.15, -0.1) is 0 Å². The van der Waals surface area contributed by atoms with Crippen molar-refractivity contribution in [2.24, 2.45) is 0 Å². The van der Waals surface area contributed by atoms with Crippen LogP contribution >= 0.6 is 0 Å². The van der Waals surface area contributed by atoms with Gasteiger partial charge >= 0.3 is 5.97 Å². The molecule has 1 aliphatic carbocycles. The number of allylic oxidation sites excluding steroid dienone is 1. The summed E-state index contributed by atoms with van der Waals surface area (Å²) in [4.78, 5) is 24.6. The van der Waals surface area contributed by atoms with Crippen molar-refractivity contribution in [1.29, 1.82) is 0 Å². The van der Waals surface area contributed by atoms with Gasteiger partial charge in [0.25, 0.3) is 5.91 Å². The minimum absolute atomic E-state index is 0.107. The second kappa shape index (κ2) is 9.43. The molecule has 2 aliphatic rings. The maximum Gasteiger partial charge on any atom is 0.338 e. The van der Waals surface area contributed by atoms with Gasteiger partial charge in [-0.3, -0.25) is 9.10 Å². The van der Waals surface area contributed by atoms with Crippen LogP contribution in [0.5, 0.6) is 0 Å². The summed E-state index contributed by atoms with van der Waals surface area (Å²) in [6, 6.07) is 6.30. The Morgan fingerprint density at radius 3 is 2.76 bits per heavy atom. The molecule has 1 unspecified atom stereocenters. The first-order chi connectivity index (χ1) is 13.9. The lowest BCUT2D eigenvalue weighted by Crippen LogP contribution is -2.36. The van der Waals surface area contributed by atoms with E-state index in [1.54, 1.807) is 18.2 Å². The van der Waals surface area contributed by atoms with Crippen LogP contribution in [0.15, 0.2) is 35.9 Å². The van der Waals surface area contributed by atoms with Crippen LogP contribution in [0.25, 0.3) is 0 Å². The van der Waals surface area contributed by atoms with Gasteiger partial charge in [0, 0.05) is 13.1 Å². The van der Waals surface area contributed by atoms with Gasteiger partial charge in [-0.1, -0.05) is 17.7 Å². The van der Waals surface area contributed by atoms with Gasteiger partial charge in [-0.25, -0.2) is 13.2 Å². The maximum atomic E-state index is 12.4. The second-order valence-corrected chi connectivity index (χ2v) is 9.50. The Morgan fingerprint density at radius 1 is 1.24 bits per heavy atom. The zero-order valence-corrected chi connectivity index (χ0v) is 17.5. The van der Waals surface area contributed by atoms with Crippen molar-refractivity contribution < 1.29 is 22.7 Å². The normalized spacial score (nSPS) is 19.3. The molecule has 29 heavy (non-hydrogen) atoms. The number of nitrogens with zero attached hydrogens (tertiary/aromatic N) is 1. The molecule has 1 aliphatic heterocycles. The summed E-state index contributed by atoms with van der Waals surface area (Å²) in [5.41, 5.74) is 2.03. The molecule has 1 heterocycles. The first kappa shape index (κ1) is 21.4. The third kappa shape index (κ3) is 5.59. The highest BCUT2D eigenvalue weighted by Crippen LogP contribution is 2.25. The summed E-state index contributed by atoms with van der Waals surface area (Å²) in [6.07, 6.45) is 7.32. The van der Waals surface area contributed by atoms with Gasteiger partial charge < -0.3 is 10.1 Å². The third-order valence-electron chi connectivity index (χ3n) is 5.25. The molecular formula is C21H28N2O5S. The summed E-state index contributed by atoms with van der Waals surface area (Å²) in [7, 11) is -3.33. The van der Waals surface area contributed by atoms with Crippen molar-refractivity contribution in [2.45, 2.75) is 51.6 Å². The van der Waals surface area contributed by atoms with Gasteiger partial charge in [0.2, 0.25) is 10.0 Å². The van der Waals surface area contributed by atoms with Crippen molar-refractivity contribution in [3.8, 4) is 0 Å². The van der Waals surface area contributed by atoms with Gasteiger partial charge in [-0.2, -0.15) is 0 Å². The van der Waals surface area contributed by atoms with E-state index in [0.29, 0.717) is 25.2 Å². The predicted octanol–water partition coefficient (Wildman–Crippen LogP) is 2.78. The minimum Gasteiger partial charge on any atom is -0.449 e. The van der Waals surface area contributed by atoms with E-state index in [9.17, 15) is 18.0 Å². The molecule has 1 atom stereocenters. The number of rotatable bonds is 7. The smallest absolute Gasteiger partial charge is 0.338 e. The Morgan fingerprint density at radius 2 is 2.07 bits per heavy atom. The highest BCUT2D eigenvalue weighted by molar-refractivity contribution is 7.93. The first-order valence-corrected chi connectivity index (χ1v) is 11.7. The molecule has 158 valence electrons. The van der Waals surface area contributed by atoms with Crippen LogP contribution in [0.4, 0.5) is 5.69 Å². The van der Waals surface area contributed by atoms with E-state index in [0.717, 1.165) is 19.3 Å². The number of nitrogens with one attached hydrogen (secondary N) is 1. The van der Waals surface area contributed by atoms with Gasteiger partial charge in [0.1, 0.15) is 0 Å². The van der Waals surface area contributed by atoms with Crippen LogP contribution < -0.4 is 9.62 Å². The molecule has 1 saturated heterocycles. The highest BCUT2D eigenvalue weighted by Gasteiger charge is 2.29. The number of hydrogen-bond acceptors (Lipinski definition) is 5. The number of ether oxygens (including phenoxy) is 1.